The maximum absolute atomic E-state index is 12.9. The summed E-state index contributed by atoms with van der Waals surface area (Å²) in [5.41, 5.74) is 6.91. The molecule has 1 aliphatic rings. The largest absolute Gasteiger partial charge is 0.503 e. The number of thiol groups is 1. The maximum Gasteiger partial charge on any atom is 0.225 e. The Bertz CT molecular complexity index is 1110. The van der Waals surface area contributed by atoms with Crippen molar-refractivity contribution in [1.29, 1.82) is 0 Å². The van der Waals surface area contributed by atoms with Crippen LogP contribution in [0, 0.1) is 20.8 Å². The molecule has 1 unspecified atom stereocenters. The van der Waals surface area contributed by atoms with E-state index >= 15 is 0 Å². The minimum Gasteiger partial charge on any atom is -0.503 e. The summed E-state index contributed by atoms with van der Waals surface area (Å²) >= 11 is 0. The van der Waals surface area contributed by atoms with Crippen LogP contribution in [0.4, 0.5) is 5.69 Å². The van der Waals surface area contributed by atoms with Gasteiger partial charge in [0.15, 0.2) is 5.75 Å². The van der Waals surface area contributed by atoms with E-state index < -0.39 is 11.0 Å². The third-order valence-electron chi connectivity index (χ3n) is 5.39. The third kappa shape index (κ3) is 4.01. The summed E-state index contributed by atoms with van der Waals surface area (Å²) in [6, 6.07) is 14.8. The van der Waals surface area contributed by atoms with Crippen LogP contribution in [0.25, 0.3) is 0 Å². The second kappa shape index (κ2) is 7.91. The molecule has 4 rings (SSSR count). The molecule has 3 aromatic carbocycles. The van der Waals surface area contributed by atoms with Gasteiger partial charge in [-0.2, -0.15) is 0 Å². The van der Waals surface area contributed by atoms with E-state index in [1.165, 1.54) is 16.7 Å². The molecule has 5 heteroatoms. The lowest BCUT2D eigenvalue weighted by atomic mass is 10.00. The van der Waals surface area contributed by atoms with Gasteiger partial charge in [0.1, 0.15) is 11.5 Å². The number of phenolic OH excluding ortho intramolecular Hbond substituents is 1. The van der Waals surface area contributed by atoms with Crippen molar-refractivity contribution in [3.63, 3.8) is 0 Å². The molecule has 1 aliphatic carbocycles. The van der Waals surface area contributed by atoms with Crippen LogP contribution in [-0.2, 0) is 28.0 Å². The predicted octanol–water partition coefficient (Wildman–Crippen LogP) is 5.68. The van der Waals surface area contributed by atoms with Crippen molar-refractivity contribution in [2.45, 2.75) is 44.9 Å². The molecule has 0 aliphatic heterocycles. The van der Waals surface area contributed by atoms with Crippen molar-refractivity contribution in [3.05, 3.63) is 76.3 Å². The standard InChI is InChI=1S/C24H25NO3S/c1-15-6-4-7-18(12-15)25-29(27)23-14-19(10-11-22(23)26)28-24-17(3)13-16(2)20-8-5-9-21(20)24/h4,6-7,10-14,26H,5,8-9H2,1-3H3,(H,25,27)/p+1. The lowest BCUT2D eigenvalue weighted by Crippen LogP contribution is -2.05. The van der Waals surface area contributed by atoms with Crippen molar-refractivity contribution < 1.29 is 14.1 Å². The van der Waals surface area contributed by atoms with Crippen LogP contribution >= 0.6 is 0 Å². The molecule has 0 radical (unpaired) electrons. The van der Waals surface area contributed by atoms with Crippen LogP contribution < -0.4 is 9.46 Å². The molecule has 0 saturated carbocycles. The first-order chi connectivity index (χ1) is 13.9. The zero-order valence-corrected chi connectivity index (χ0v) is 17.8. The Morgan fingerprint density at radius 3 is 2.55 bits per heavy atom. The summed E-state index contributed by atoms with van der Waals surface area (Å²) in [5.74, 6) is 1.46. The Labute approximate surface area is 174 Å². The normalized spacial score (nSPS) is 13.8. The lowest BCUT2D eigenvalue weighted by molar-refractivity contribution is 0.448. The predicted molar refractivity (Wildman–Crippen MR) is 119 cm³/mol. The average molecular weight is 409 g/mol. The number of hydrogen-bond acceptors (Lipinski definition) is 3. The van der Waals surface area contributed by atoms with Gasteiger partial charge < -0.3 is 9.84 Å². The first kappa shape index (κ1) is 19.5. The molecule has 0 amide bonds. The van der Waals surface area contributed by atoms with Crippen molar-refractivity contribution in [2.75, 3.05) is 4.72 Å². The van der Waals surface area contributed by atoms with Gasteiger partial charge in [0.05, 0.1) is 5.69 Å². The van der Waals surface area contributed by atoms with Crippen molar-refractivity contribution in [2.24, 2.45) is 0 Å². The highest BCUT2D eigenvalue weighted by Crippen LogP contribution is 2.39. The zero-order valence-electron chi connectivity index (χ0n) is 17.0. The highest BCUT2D eigenvalue weighted by Gasteiger charge is 2.22. The Morgan fingerprint density at radius 1 is 0.966 bits per heavy atom. The number of anilines is 1. The fourth-order valence-corrected chi connectivity index (χ4v) is 5.05. The van der Waals surface area contributed by atoms with Crippen LogP contribution in [0.3, 0.4) is 0 Å². The Kier molecular flexibility index (Phi) is 5.33. The maximum atomic E-state index is 12.9. The van der Waals surface area contributed by atoms with Crippen molar-refractivity contribution >= 4 is 16.7 Å². The summed E-state index contributed by atoms with van der Waals surface area (Å²) in [6.45, 7) is 6.19. The second-order valence-corrected chi connectivity index (χ2v) is 8.97. The van der Waals surface area contributed by atoms with Crippen molar-refractivity contribution in [1.82, 2.24) is 0 Å². The zero-order chi connectivity index (χ0) is 20.5. The van der Waals surface area contributed by atoms with Crippen LogP contribution in [0.2, 0.25) is 0 Å². The highest BCUT2D eigenvalue weighted by atomic mass is 32.2. The summed E-state index contributed by atoms with van der Waals surface area (Å²) in [6.07, 6.45) is 3.25. The van der Waals surface area contributed by atoms with Gasteiger partial charge in [0.25, 0.3) is 0 Å². The third-order valence-corrected chi connectivity index (χ3v) is 6.65. The van der Waals surface area contributed by atoms with Gasteiger partial charge in [0.2, 0.25) is 15.9 Å². The van der Waals surface area contributed by atoms with E-state index in [0.29, 0.717) is 10.6 Å². The molecular formula is C24H26NO3S+. The van der Waals surface area contributed by atoms with Crippen LogP contribution in [0.5, 0.6) is 17.2 Å². The van der Waals surface area contributed by atoms with Gasteiger partial charge in [-0.25, -0.2) is 4.72 Å². The van der Waals surface area contributed by atoms with Gasteiger partial charge in [-0.1, -0.05) is 22.4 Å². The molecule has 29 heavy (non-hydrogen) atoms. The molecule has 0 fully saturated rings. The SMILES string of the molecule is Cc1cccc(N[SH+](=O)c2cc(Oc3c(C)cc(C)c4c3CCC4)ccc2O)c1. The molecule has 0 heterocycles. The number of aromatic hydroxyl groups is 1. The van der Waals surface area contributed by atoms with E-state index in [4.69, 9.17) is 4.74 Å². The monoisotopic (exact) mass is 408 g/mol. The minimum atomic E-state index is -2.02. The summed E-state index contributed by atoms with van der Waals surface area (Å²) in [4.78, 5) is 0.334. The lowest BCUT2D eigenvalue weighted by Gasteiger charge is -2.16. The van der Waals surface area contributed by atoms with E-state index in [1.54, 1.807) is 18.2 Å². The van der Waals surface area contributed by atoms with Crippen LogP contribution in [0.15, 0.2) is 53.4 Å². The second-order valence-electron chi connectivity index (χ2n) is 7.68. The van der Waals surface area contributed by atoms with Gasteiger partial charge >= 0.3 is 0 Å². The molecule has 4 nitrogen and oxygen atoms in total. The highest BCUT2D eigenvalue weighted by molar-refractivity contribution is 7.86. The molecule has 0 bridgehead atoms. The van der Waals surface area contributed by atoms with Gasteiger partial charge in [0, 0.05) is 6.07 Å². The summed E-state index contributed by atoms with van der Waals surface area (Å²) in [7, 11) is -2.02. The Hall–Kier alpha value is -2.79. The van der Waals surface area contributed by atoms with E-state index in [2.05, 4.69) is 24.6 Å². The molecule has 0 aromatic heterocycles. The number of rotatable bonds is 5. The molecule has 1 atom stereocenters. The first-order valence-electron chi connectivity index (χ1n) is 9.86. The first-order valence-corrected chi connectivity index (χ1v) is 11.1. The fraction of sp³-hybridized carbons (Fsp3) is 0.250. The number of hydrogen-bond donors (Lipinski definition) is 2. The van der Waals surface area contributed by atoms with Gasteiger partial charge in [-0.05, 0) is 92.1 Å². The van der Waals surface area contributed by atoms with Gasteiger partial charge in [-0.15, -0.1) is 0 Å². The number of phenols is 1. The number of aryl methyl sites for hydroxylation is 3. The molecule has 0 spiro atoms. The number of nitrogens with one attached hydrogen (secondary N) is 1. The van der Waals surface area contributed by atoms with Crippen LogP contribution in [-0.4, -0.2) is 5.11 Å². The molecule has 2 N–H and O–H groups in total. The van der Waals surface area contributed by atoms with Gasteiger partial charge in [-0.3, -0.25) is 0 Å². The molecular weight excluding hydrogens is 382 g/mol. The van der Waals surface area contributed by atoms with E-state index in [9.17, 15) is 9.32 Å². The Balaban J connectivity index is 1.63. The number of ether oxygens (including phenoxy) is 1. The van der Waals surface area contributed by atoms with Crippen LogP contribution in [0.1, 0.15) is 34.2 Å². The van der Waals surface area contributed by atoms with Crippen molar-refractivity contribution in [3.8, 4) is 17.2 Å². The molecule has 150 valence electrons. The number of benzene rings is 3. The van der Waals surface area contributed by atoms with E-state index in [0.717, 1.165) is 41.8 Å². The fourth-order valence-electron chi connectivity index (χ4n) is 4.03. The smallest absolute Gasteiger partial charge is 0.225 e. The molecule has 0 saturated heterocycles. The minimum absolute atomic E-state index is 0.00975. The van der Waals surface area contributed by atoms with E-state index in [-0.39, 0.29) is 5.75 Å². The molecule has 3 aromatic rings. The quantitative estimate of drug-likeness (QED) is 0.422. The summed E-state index contributed by atoms with van der Waals surface area (Å²) in [5, 5.41) is 10.3. The summed E-state index contributed by atoms with van der Waals surface area (Å²) < 4.78 is 22.1. The van der Waals surface area contributed by atoms with E-state index in [1.807, 2.05) is 31.2 Å². The number of fused-ring (bicyclic) bond motifs is 1. The average Bonchev–Trinajstić information content (AvgIpc) is 3.16. The topological polar surface area (TPSA) is 58.6 Å². The Morgan fingerprint density at radius 2 is 1.76 bits per heavy atom.